The third kappa shape index (κ3) is 4.16. The lowest BCUT2D eigenvalue weighted by molar-refractivity contribution is -0.132. The topological polar surface area (TPSA) is 44.9 Å². The molecular formula is C25H24N2O2S2. The van der Waals surface area contributed by atoms with E-state index < -0.39 is 5.97 Å². The highest BCUT2D eigenvalue weighted by atomic mass is 32.1. The summed E-state index contributed by atoms with van der Waals surface area (Å²) in [7, 11) is 0. The van der Waals surface area contributed by atoms with E-state index >= 15 is 0 Å². The smallest absolute Gasteiger partial charge is 0.333 e. The molecule has 0 unspecified atom stereocenters. The molecule has 6 heteroatoms. The minimum atomic E-state index is -1.19. The Morgan fingerprint density at radius 2 is 1.87 bits per heavy atom. The molecule has 4 nitrogen and oxygen atoms in total. The van der Waals surface area contributed by atoms with Crippen LogP contribution in [0.4, 0.5) is 5.69 Å². The van der Waals surface area contributed by atoms with Gasteiger partial charge in [0.05, 0.1) is 6.57 Å². The molecule has 3 aromatic rings. The summed E-state index contributed by atoms with van der Waals surface area (Å²) < 4.78 is 0. The lowest BCUT2D eigenvalue weighted by Crippen LogP contribution is -2.37. The third-order valence-electron chi connectivity index (χ3n) is 5.83. The van der Waals surface area contributed by atoms with Crippen molar-refractivity contribution in [1.29, 1.82) is 0 Å². The normalized spacial score (nSPS) is 15.4. The number of rotatable bonds is 5. The maximum absolute atomic E-state index is 11.1. The van der Waals surface area contributed by atoms with Gasteiger partial charge in [0, 0.05) is 38.3 Å². The zero-order valence-electron chi connectivity index (χ0n) is 17.8. The molecule has 0 saturated heterocycles. The number of hydrogen-bond acceptors (Lipinski definition) is 4. The first-order valence-electron chi connectivity index (χ1n) is 10.2. The van der Waals surface area contributed by atoms with Crippen molar-refractivity contribution >= 4 is 40.4 Å². The van der Waals surface area contributed by atoms with E-state index in [1.807, 2.05) is 12.1 Å². The average molecular weight is 449 g/mol. The van der Waals surface area contributed by atoms with Crippen LogP contribution in [-0.4, -0.2) is 24.2 Å². The van der Waals surface area contributed by atoms with Gasteiger partial charge in [-0.2, -0.15) is 0 Å². The second kappa shape index (κ2) is 8.33. The predicted octanol–water partition coefficient (Wildman–Crippen LogP) is 7.00. The standard InChI is InChI=1S/C25H24N2O2S2/c1-5-27-13-12-25(2,3)18-14-16(6-8-20(18)27)21-10-11-23(31-21)22-9-7-17(30-22)15-19(26-4)24(28)29/h6-11,14-15H,5,12-13H2,1-3H3,(H,28,29)/b19-15-. The van der Waals surface area contributed by atoms with Gasteiger partial charge in [0.15, 0.2) is 0 Å². The Morgan fingerprint density at radius 3 is 2.58 bits per heavy atom. The molecule has 0 fully saturated rings. The molecule has 158 valence electrons. The molecule has 0 atom stereocenters. The molecule has 0 amide bonds. The number of carboxylic acid groups (broad SMARTS) is 1. The van der Waals surface area contributed by atoms with Crippen molar-refractivity contribution in [2.24, 2.45) is 0 Å². The summed E-state index contributed by atoms with van der Waals surface area (Å²) in [6.45, 7) is 16.0. The van der Waals surface area contributed by atoms with Gasteiger partial charge in [-0.3, -0.25) is 4.79 Å². The van der Waals surface area contributed by atoms with Crippen LogP contribution in [0.1, 0.15) is 37.6 Å². The van der Waals surface area contributed by atoms with E-state index in [9.17, 15) is 4.79 Å². The largest absolute Gasteiger partial charge is 0.486 e. The Bertz CT molecular complexity index is 1210. The van der Waals surface area contributed by atoms with Crippen LogP contribution < -0.4 is 4.90 Å². The van der Waals surface area contributed by atoms with Gasteiger partial charge >= 0.3 is 5.97 Å². The van der Waals surface area contributed by atoms with Crippen LogP contribution in [0, 0.1) is 6.57 Å². The summed E-state index contributed by atoms with van der Waals surface area (Å²) in [6, 6.07) is 15.0. The molecule has 0 spiro atoms. The average Bonchev–Trinajstić information content (AvgIpc) is 3.41. The first-order chi connectivity index (χ1) is 14.8. The number of thiophene rings is 2. The van der Waals surface area contributed by atoms with Crippen molar-refractivity contribution in [3.63, 3.8) is 0 Å². The van der Waals surface area contributed by atoms with Crippen LogP contribution in [0.25, 0.3) is 31.1 Å². The molecule has 3 heterocycles. The molecule has 1 aliphatic rings. The summed E-state index contributed by atoms with van der Waals surface area (Å²) >= 11 is 3.24. The molecule has 1 aromatic carbocycles. The molecule has 0 bridgehead atoms. The number of aliphatic carboxylic acids is 1. The molecule has 1 N–H and O–H groups in total. The molecule has 1 aliphatic heterocycles. The summed E-state index contributed by atoms with van der Waals surface area (Å²) in [6.07, 6.45) is 2.59. The van der Waals surface area contributed by atoms with E-state index in [0.717, 1.165) is 34.1 Å². The van der Waals surface area contributed by atoms with Crippen molar-refractivity contribution in [1.82, 2.24) is 0 Å². The summed E-state index contributed by atoms with van der Waals surface area (Å²) in [5.41, 5.74) is 3.90. The molecule has 0 radical (unpaired) electrons. The summed E-state index contributed by atoms with van der Waals surface area (Å²) in [5, 5.41) is 9.06. The van der Waals surface area contributed by atoms with Crippen molar-refractivity contribution in [3.8, 4) is 20.2 Å². The van der Waals surface area contributed by atoms with Crippen LogP contribution in [0.15, 0.2) is 48.2 Å². The van der Waals surface area contributed by atoms with Gasteiger partial charge in [0.1, 0.15) is 0 Å². The van der Waals surface area contributed by atoms with Crippen molar-refractivity contribution in [2.75, 3.05) is 18.0 Å². The van der Waals surface area contributed by atoms with Gasteiger partial charge in [-0.15, -0.1) is 22.7 Å². The Balaban J connectivity index is 1.65. The third-order valence-corrected chi connectivity index (χ3v) is 8.20. The predicted molar refractivity (Wildman–Crippen MR) is 131 cm³/mol. The van der Waals surface area contributed by atoms with Crippen LogP contribution in [0.3, 0.4) is 0 Å². The first-order valence-corrected chi connectivity index (χ1v) is 11.9. The monoisotopic (exact) mass is 448 g/mol. The number of nitrogens with zero attached hydrogens (tertiary/aromatic N) is 2. The Kier molecular flexibility index (Phi) is 5.74. The van der Waals surface area contributed by atoms with E-state index in [4.69, 9.17) is 11.7 Å². The lowest BCUT2D eigenvalue weighted by atomic mass is 9.77. The molecule has 4 rings (SSSR count). The highest BCUT2D eigenvalue weighted by molar-refractivity contribution is 7.24. The van der Waals surface area contributed by atoms with E-state index in [0.29, 0.717) is 0 Å². The van der Waals surface area contributed by atoms with Gasteiger partial charge in [-0.05, 0) is 72.4 Å². The Hall–Kier alpha value is -2.88. The SMILES string of the molecule is [C-]#[N+]/C(=C\c1ccc(-c2ccc(-c3ccc4c(c3)C(C)(C)CCN4CC)s2)s1)C(=O)O. The van der Waals surface area contributed by atoms with Crippen molar-refractivity contribution < 1.29 is 9.90 Å². The van der Waals surface area contributed by atoms with Crippen LogP contribution in [-0.2, 0) is 10.2 Å². The van der Waals surface area contributed by atoms with Gasteiger partial charge in [0.25, 0.3) is 5.70 Å². The van der Waals surface area contributed by atoms with E-state index in [2.05, 4.69) is 60.8 Å². The fourth-order valence-corrected chi connectivity index (χ4v) is 6.01. The number of hydrogen-bond donors (Lipinski definition) is 1. The molecule has 0 saturated carbocycles. The number of carboxylic acids is 1. The number of fused-ring (bicyclic) bond motifs is 1. The Labute approximate surface area is 190 Å². The fraction of sp³-hybridized carbons (Fsp3) is 0.280. The van der Waals surface area contributed by atoms with Crippen molar-refractivity contribution in [3.05, 3.63) is 70.0 Å². The highest BCUT2D eigenvalue weighted by Crippen LogP contribution is 2.44. The second-order valence-electron chi connectivity index (χ2n) is 8.26. The quantitative estimate of drug-likeness (QED) is 0.338. The van der Waals surface area contributed by atoms with E-state index in [1.54, 1.807) is 11.3 Å². The Morgan fingerprint density at radius 1 is 1.16 bits per heavy atom. The zero-order valence-corrected chi connectivity index (χ0v) is 19.4. The van der Waals surface area contributed by atoms with E-state index in [1.165, 1.54) is 39.1 Å². The molecule has 2 aromatic heterocycles. The fourth-order valence-electron chi connectivity index (χ4n) is 3.97. The lowest BCUT2D eigenvalue weighted by Gasteiger charge is -2.40. The molecule has 31 heavy (non-hydrogen) atoms. The summed E-state index contributed by atoms with van der Waals surface area (Å²) in [4.78, 5) is 20.8. The van der Waals surface area contributed by atoms with Gasteiger partial charge in [-0.1, -0.05) is 19.9 Å². The second-order valence-corrected chi connectivity index (χ2v) is 10.5. The van der Waals surface area contributed by atoms with Crippen LogP contribution in [0.2, 0.25) is 0 Å². The van der Waals surface area contributed by atoms with Crippen LogP contribution in [0.5, 0.6) is 0 Å². The highest BCUT2D eigenvalue weighted by Gasteiger charge is 2.31. The van der Waals surface area contributed by atoms with Gasteiger partial charge < -0.3 is 10.0 Å². The maximum atomic E-state index is 11.1. The molecular weight excluding hydrogens is 424 g/mol. The van der Waals surface area contributed by atoms with E-state index in [-0.39, 0.29) is 11.1 Å². The van der Waals surface area contributed by atoms with Crippen LogP contribution >= 0.6 is 22.7 Å². The summed E-state index contributed by atoms with van der Waals surface area (Å²) in [5.74, 6) is -1.19. The van der Waals surface area contributed by atoms with Gasteiger partial charge in [-0.25, -0.2) is 4.85 Å². The zero-order chi connectivity index (χ0) is 22.2. The van der Waals surface area contributed by atoms with Gasteiger partial charge in [0.2, 0.25) is 0 Å². The number of carbonyl (C=O) groups is 1. The minimum Gasteiger partial charge on any atom is -0.486 e. The minimum absolute atomic E-state index is 0.164. The number of benzene rings is 1. The first kappa shape index (κ1) is 21.4. The van der Waals surface area contributed by atoms with Crippen molar-refractivity contribution in [2.45, 2.75) is 32.6 Å². The number of anilines is 1. The maximum Gasteiger partial charge on any atom is 0.333 e. The molecule has 0 aliphatic carbocycles.